The number of fused-ring (bicyclic) bond motifs is 3. The first kappa shape index (κ1) is 21.9. The number of rotatable bonds is 7. The van der Waals surface area contributed by atoms with Crippen molar-refractivity contribution in [2.75, 3.05) is 6.61 Å². The molecule has 0 radical (unpaired) electrons. The summed E-state index contributed by atoms with van der Waals surface area (Å²) in [6.07, 6.45) is -1.47. The van der Waals surface area contributed by atoms with Crippen LogP contribution in [0.5, 0.6) is 0 Å². The predicted molar refractivity (Wildman–Crippen MR) is 117 cm³/mol. The summed E-state index contributed by atoms with van der Waals surface area (Å²) in [5.74, 6) is -1.17. The highest BCUT2D eigenvalue weighted by atomic mass is 32.2. The third-order valence-corrected chi connectivity index (χ3v) is 6.73. The lowest BCUT2D eigenvalue weighted by molar-refractivity contribution is -0.148. The number of carbonyl (C=O) groups is 2. The van der Waals surface area contributed by atoms with Gasteiger partial charge < -0.3 is 9.84 Å². The standard InChI is InChI=1S/C24H21NO6S/c1-2-31-24(28)21(22(26)15-8-4-3-5-9-15)25-32(29,30)16-12-13-18-17-10-6-7-11-19(17)23(27)20(18)14-16/h3-14,21-22,25-26H,2H2,1H3/t21-,22-/m1/s1. The van der Waals surface area contributed by atoms with Crippen LogP contribution in [0.25, 0.3) is 11.1 Å². The van der Waals surface area contributed by atoms with Crippen molar-refractivity contribution in [1.82, 2.24) is 4.72 Å². The Morgan fingerprint density at radius 1 is 0.938 bits per heavy atom. The van der Waals surface area contributed by atoms with E-state index in [1.54, 1.807) is 61.5 Å². The smallest absolute Gasteiger partial charge is 0.327 e. The Morgan fingerprint density at radius 2 is 1.56 bits per heavy atom. The number of benzene rings is 3. The Hall–Kier alpha value is -3.33. The molecule has 1 aliphatic carbocycles. The molecule has 2 atom stereocenters. The van der Waals surface area contributed by atoms with E-state index in [-0.39, 0.29) is 22.8 Å². The highest BCUT2D eigenvalue weighted by molar-refractivity contribution is 7.89. The van der Waals surface area contributed by atoms with E-state index in [4.69, 9.17) is 4.74 Å². The van der Waals surface area contributed by atoms with E-state index >= 15 is 0 Å². The summed E-state index contributed by atoms with van der Waals surface area (Å²) in [6, 6.07) is 17.9. The molecular formula is C24H21NO6S. The van der Waals surface area contributed by atoms with Gasteiger partial charge in [0.05, 0.1) is 11.5 Å². The zero-order chi connectivity index (χ0) is 22.9. The second kappa shape index (κ2) is 8.66. The first-order valence-electron chi connectivity index (χ1n) is 10.0. The van der Waals surface area contributed by atoms with Gasteiger partial charge in [0, 0.05) is 11.1 Å². The lowest BCUT2D eigenvalue weighted by Gasteiger charge is -2.23. The number of hydrogen-bond acceptors (Lipinski definition) is 6. The normalized spacial score (nSPS) is 14.4. The van der Waals surface area contributed by atoms with E-state index in [0.717, 1.165) is 5.56 Å². The molecule has 1 aliphatic rings. The summed E-state index contributed by atoms with van der Waals surface area (Å²) in [4.78, 5) is 25.1. The molecule has 0 bridgehead atoms. The summed E-state index contributed by atoms with van der Waals surface area (Å²) in [5.41, 5.74) is 2.52. The van der Waals surface area contributed by atoms with E-state index in [1.165, 1.54) is 12.1 Å². The van der Waals surface area contributed by atoms with Gasteiger partial charge in [-0.25, -0.2) is 8.42 Å². The monoisotopic (exact) mass is 451 g/mol. The molecule has 0 heterocycles. The molecule has 0 amide bonds. The van der Waals surface area contributed by atoms with Crippen molar-refractivity contribution in [3.05, 3.63) is 89.5 Å². The lowest BCUT2D eigenvalue weighted by atomic mass is 10.0. The minimum absolute atomic E-state index is 0.0180. The summed E-state index contributed by atoms with van der Waals surface area (Å²) < 4.78 is 33.5. The molecule has 7 nitrogen and oxygen atoms in total. The van der Waals surface area contributed by atoms with Gasteiger partial charge in [-0.1, -0.05) is 60.7 Å². The molecule has 3 aromatic rings. The fourth-order valence-corrected chi connectivity index (χ4v) is 4.94. The number of nitrogens with one attached hydrogen (secondary N) is 1. The van der Waals surface area contributed by atoms with Gasteiger partial charge in [-0.05, 0) is 35.7 Å². The highest BCUT2D eigenvalue weighted by Gasteiger charge is 2.35. The molecule has 0 fully saturated rings. The van der Waals surface area contributed by atoms with Gasteiger partial charge in [-0.3, -0.25) is 9.59 Å². The maximum Gasteiger partial charge on any atom is 0.327 e. The molecule has 0 unspecified atom stereocenters. The van der Waals surface area contributed by atoms with Gasteiger partial charge in [0.15, 0.2) is 5.78 Å². The first-order chi connectivity index (χ1) is 15.3. The number of esters is 1. The Balaban J connectivity index is 1.68. The van der Waals surface area contributed by atoms with Crippen LogP contribution in [0.3, 0.4) is 0 Å². The van der Waals surface area contributed by atoms with Crippen LogP contribution in [0.2, 0.25) is 0 Å². The second-order valence-corrected chi connectivity index (χ2v) is 9.00. The van der Waals surface area contributed by atoms with Gasteiger partial charge >= 0.3 is 5.97 Å². The van der Waals surface area contributed by atoms with Crippen molar-refractivity contribution in [1.29, 1.82) is 0 Å². The third kappa shape index (κ3) is 3.95. The van der Waals surface area contributed by atoms with Gasteiger partial charge in [0.1, 0.15) is 12.1 Å². The molecule has 8 heteroatoms. The van der Waals surface area contributed by atoms with Crippen molar-refractivity contribution in [3.63, 3.8) is 0 Å². The molecule has 4 rings (SSSR count). The quantitative estimate of drug-likeness (QED) is 0.418. The van der Waals surface area contributed by atoms with Crippen molar-refractivity contribution >= 4 is 21.8 Å². The van der Waals surface area contributed by atoms with Crippen LogP contribution < -0.4 is 4.72 Å². The van der Waals surface area contributed by atoms with Gasteiger partial charge in [-0.2, -0.15) is 4.72 Å². The van der Waals surface area contributed by atoms with Crippen LogP contribution in [0.15, 0.2) is 77.7 Å². The summed E-state index contributed by atoms with van der Waals surface area (Å²) in [7, 11) is -4.27. The van der Waals surface area contributed by atoms with E-state index in [9.17, 15) is 23.1 Å². The maximum atomic E-state index is 13.1. The minimum Gasteiger partial charge on any atom is -0.465 e. The largest absolute Gasteiger partial charge is 0.465 e. The molecule has 164 valence electrons. The molecular weight excluding hydrogens is 430 g/mol. The molecule has 0 saturated carbocycles. The molecule has 3 aromatic carbocycles. The van der Waals surface area contributed by atoms with E-state index < -0.39 is 28.1 Å². The number of aliphatic hydroxyl groups excluding tert-OH is 1. The van der Waals surface area contributed by atoms with Gasteiger partial charge in [0.25, 0.3) is 0 Å². The summed E-state index contributed by atoms with van der Waals surface area (Å²) in [5, 5.41) is 10.7. The molecule has 0 saturated heterocycles. The first-order valence-corrected chi connectivity index (χ1v) is 11.5. The SMILES string of the molecule is CCOC(=O)[C@H](NS(=O)(=O)c1ccc2c(c1)C(=O)c1ccccc1-2)[C@H](O)c1ccccc1. The number of hydrogen-bond donors (Lipinski definition) is 2. The van der Waals surface area contributed by atoms with Crippen molar-refractivity contribution in [2.45, 2.75) is 24.0 Å². The van der Waals surface area contributed by atoms with Crippen LogP contribution in [0.1, 0.15) is 34.5 Å². The number of aliphatic hydroxyl groups is 1. The fourth-order valence-electron chi connectivity index (χ4n) is 3.73. The minimum atomic E-state index is -4.27. The Kier molecular flexibility index (Phi) is 5.92. The van der Waals surface area contributed by atoms with E-state index in [1.807, 2.05) is 6.07 Å². The van der Waals surface area contributed by atoms with Crippen LogP contribution in [0, 0.1) is 0 Å². The zero-order valence-corrected chi connectivity index (χ0v) is 18.0. The van der Waals surface area contributed by atoms with E-state index in [2.05, 4.69) is 4.72 Å². The topological polar surface area (TPSA) is 110 Å². The summed E-state index contributed by atoms with van der Waals surface area (Å²) >= 11 is 0. The average Bonchev–Trinajstić information content (AvgIpc) is 3.09. The Labute approximate surface area is 185 Å². The van der Waals surface area contributed by atoms with Crippen LogP contribution in [-0.4, -0.2) is 37.9 Å². The molecule has 32 heavy (non-hydrogen) atoms. The van der Waals surface area contributed by atoms with Gasteiger partial charge in [0.2, 0.25) is 10.0 Å². The highest BCUT2D eigenvalue weighted by Crippen LogP contribution is 2.37. The lowest BCUT2D eigenvalue weighted by Crippen LogP contribution is -2.45. The van der Waals surface area contributed by atoms with Crippen LogP contribution >= 0.6 is 0 Å². The number of sulfonamides is 1. The molecule has 0 aliphatic heterocycles. The van der Waals surface area contributed by atoms with Crippen LogP contribution in [-0.2, 0) is 19.6 Å². The van der Waals surface area contributed by atoms with Crippen LogP contribution in [0.4, 0.5) is 0 Å². The number of carbonyl (C=O) groups excluding carboxylic acids is 2. The second-order valence-electron chi connectivity index (χ2n) is 7.29. The van der Waals surface area contributed by atoms with Crippen molar-refractivity contribution in [3.8, 4) is 11.1 Å². The van der Waals surface area contributed by atoms with E-state index in [0.29, 0.717) is 16.7 Å². The Morgan fingerprint density at radius 3 is 2.25 bits per heavy atom. The fraction of sp³-hybridized carbons (Fsp3) is 0.167. The van der Waals surface area contributed by atoms with Crippen molar-refractivity contribution < 1.29 is 27.9 Å². The number of ketones is 1. The third-order valence-electron chi connectivity index (χ3n) is 5.29. The Bertz CT molecular complexity index is 1290. The molecule has 2 N–H and O–H groups in total. The number of ether oxygens (including phenoxy) is 1. The zero-order valence-electron chi connectivity index (χ0n) is 17.2. The average molecular weight is 452 g/mol. The molecule has 0 aromatic heterocycles. The van der Waals surface area contributed by atoms with Gasteiger partial charge in [-0.15, -0.1) is 0 Å². The maximum absolute atomic E-state index is 13.1. The molecule has 0 spiro atoms. The van der Waals surface area contributed by atoms with Crippen molar-refractivity contribution in [2.24, 2.45) is 0 Å². The predicted octanol–water partition coefficient (Wildman–Crippen LogP) is 2.84. The summed E-state index contributed by atoms with van der Waals surface area (Å²) in [6.45, 7) is 1.60.